The molecule has 4 rings (SSSR count). The average Bonchev–Trinajstić information content (AvgIpc) is 3.19. The maximum atomic E-state index is 5.45. The first-order valence-electron chi connectivity index (χ1n) is 8.50. The summed E-state index contributed by atoms with van der Waals surface area (Å²) in [5.41, 5.74) is 1.31. The van der Waals surface area contributed by atoms with Crippen LogP contribution < -0.4 is 5.32 Å². The second kappa shape index (κ2) is 5.96. The molecule has 3 heterocycles. The van der Waals surface area contributed by atoms with Gasteiger partial charge in [-0.1, -0.05) is 5.10 Å². The number of piperidine rings is 1. The summed E-state index contributed by atoms with van der Waals surface area (Å²) in [6.07, 6.45) is 7.02. The minimum Gasteiger partial charge on any atom is -0.408 e. The Kier molecular flexibility index (Phi) is 3.80. The first kappa shape index (κ1) is 14.7. The molecule has 0 spiro atoms. The monoisotopic (exact) mass is 316 g/mol. The Balaban J connectivity index is 1.54. The molecule has 2 aromatic rings. The molecule has 1 aliphatic carbocycles. The van der Waals surface area contributed by atoms with Crippen molar-refractivity contribution in [3.63, 3.8) is 0 Å². The van der Waals surface area contributed by atoms with Gasteiger partial charge in [0, 0.05) is 32.8 Å². The number of hydrogen-bond acceptors (Lipinski definition) is 6. The molecule has 2 atom stereocenters. The van der Waals surface area contributed by atoms with Crippen molar-refractivity contribution in [2.24, 2.45) is 13.0 Å². The second-order valence-corrected chi connectivity index (χ2v) is 6.70. The lowest BCUT2D eigenvalue weighted by Gasteiger charge is -2.41. The number of aryl methyl sites for hydroxylation is 2. The normalized spacial score (nSPS) is 25.7. The Morgan fingerprint density at radius 2 is 2.17 bits per heavy atom. The van der Waals surface area contributed by atoms with Crippen LogP contribution in [0.15, 0.2) is 16.7 Å². The highest BCUT2D eigenvalue weighted by molar-refractivity contribution is 5.19. The third kappa shape index (κ3) is 2.97. The molecule has 0 bridgehead atoms. The van der Waals surface area contributed by atoms with E-state index in [1.807, 2.05) is 24.9 Å². The fourth-order valence-electron chi connectivity index (χ4n) is 3.81. The minimum absolute atomic E-state index is 0.417. The number of nitrogens with zero attached hydrogens (tertiary/aromatic N) is 5. The Morgan fingerprint density at radius 3 is 2.83 bits per heavy atom. The van der Waals surface area contributed by atoms with Gasteiger partial charge in [0.05, 0.1) is 11.7 Å². The Labute approximate surface area is 136 Å². The molecule has 7 nitrogen and oxygen atoms in total. The van der Waals surface area contributed by atoms with Gasteiger partial charge in [0.1, 0.15) is 0 Å². The van der Waals surface area contributed by atoms with Crippen LogP contribution in [0.2, 0.25) is 0 Å². The van der Waals surface area contributed by atoms with Crippen LogP contribution in [0.5, 0.6) is 0 Å². The van der Waals surface area contributed by atoms with Crippen LogP contribution in [-0.2, 0) is 7.05 Å². The van der Waals surface area contributed by atoms with Crippen LogP contribution >= 0.6 is 0 Å². The molecule has 0 aromatic carbocycles. The van der Waals surface area contributed by atoms with Gasteiger partial charge in [-0.3, -0.25) is 9.58 Å². The molecule has 1 saturated heterocycles. The SMILES string of the molecule is Cc1nnc(NC[C@@H]2CCCN(C3CC3)[C@H]2c2ccnn2C)o1. The molecular weight excluding hydrogens is 292 g/mol. The quantitative estimate of drug-likeness (QED) is 0.911. The van der Waals surface area contributed by atoms with Gasteiger partial charge in [0.25, 0.3) is 0 Å². The summed E-state index contributed by atoms with van der Waals surface area (Å²) in [6.45, 7) is 3.85. The zero-order valence-corrected chi connectivity index (χ0v) is 13.8. The molecule has 1 saturated carbocycles. The maximum absolute atomic E-state index is 5.45. The predicted molar refractivity (Wildman–Crippen MR) is 85.9 cm³/mol. The first-order chi connectivity index (χ1) is 11.2. The lowest BCUT2D eigenvalue weighted by atomic mass is 9.86. The molecule has 2 aliphatic rings. The van der Waals surface area contributed by atoms with E-state index in [2.05, 4.69) is 31.6 Å². The minimum atomic E-state index is 0.417. The molecule has 7 heteroatoms. The number of nitrogens with one attached hydrogen (secondary N) is 1. The largest absolute Gasteiger partial charge is 0.408 e. The predicted octanol–water partition coefficient (Wildman–Crippen LogP) is 2.14. The summed E-state index contributed by atoms with van der Waals surface area (Å²) in [5, 5.41) is 15.6. The zero-order valence-electron chi connectivity index (χ0n) is 13.8. The van der Waals surface area contributed by atoms with E-state index in [0.717, 1.165) is 12.6 Å². The van der Waals surface area contributed by atoms with Gasteiger partial charge in [-0.2, -0.15) is 5.10 Å². The second-order valence-electron chi connectivity index (χ2n) is 6.70. The fraction of sp³-hybridized carbons (Fsp3) is 0.688. The summed E-state index contributed by atoms with van der Waals surface area (Å²) in [6, 6.07) is 3.85. The Morgan fingerprint density at radius 1 is 1.30 bits per heavy atom. The van der Waals surface area contributed by atoms with Crippen molar-refractivity contribution in [1.82, 2.24) is 24.9 Å². The smallest absolute Gasteiger partial charge is 0.315 e. The summed E-state index contributed by atoms with van der Waals surface area (Å²) in [5.74, 6) is 1.12. The average molecular weight is 316 g/mol. The standard InChI is InChI=1S/C16H24N6O/c1-11-19-20-16(23-11)17-10-12-4-3-9-22(13-5-6-13)15(12)14-7-8-18-21(14)2/h7-8,12-13,15H,3-6,9-10H2,1-2H3,(H,17,20)/t12-,15+/m0/s1. The van der Waals surface area contributed by atoms with Gasteiger partial charge in [0.2, 0.25) is 5.89 Å². The summed E-state index contributed by atoms with van der Waals surface area (Å²) < 4.78 is 7.47. The lowest BCUT2D eigenvalue weighted by molar-refractivity contribution is 0.0839. The summed E-state index contributed by atoms with van der Waals surface area (Å²) in [7, 11) is 2.04. The van der Waals surface area contributed by atoms with Crippen LogP contribution in [-0.4, -0.2) is 44.0 Å². The van der Waals surface area contributed by atoms with E-state index in [1.54, 1.807) is 0 Å². The third-order valence-electron chi connectivity index (χ3n) is 5.01. The van der Waals surface area contributed by atoms with E-state index in [4.69, 9.17) is 4.42 Å². The maximum Gasteiger partial charge on any atom is 0.315 e. The molecule has 1 aliphatic heterocycles. The van der Waals surface area contributed by atoms with Gasteiger partial charge >= 0.3 is 6.01 Å². The molecule has 2 aromatic heterocycles. The van der Waals surface area contributed by atoms with Crippen LogP contribution in [0.25, 0.3) is 0 Å². The van der Waals surface area contributed by atoms with Gasteiger partial charge in [-0.25, -0.2) is 0 Å². The Hall–Kier alpha value is -1.89. The highest BCUT2D eigenvalue weighted by atomic mass is 16.4. The molecule has 0 radical (unpaired) electrons. The number of hydrogen-bond donors (Lipinski definition) is 1. The van der Waals surface area contributed by atoms with E-state index < -0.39 is 0 Å². The van der Waals surface area contributed by atoms with E-state index in [1.165, 1.54) is 37.9 Å². The molecule has 0 amide bonds. The van der Waals surface area contributed by atoms with Crippen LogP contribution in [0.4, 0.5) is 6.01 Å². The number of aromatic nitrogens is 4. The van der Waals surface area contributed by atoms with Crippen molar-refractivity contribution in [3.05, 3.63) is 23.8 Å². The molecule has 1 N–H and O–H groups in total. The van der Waals surface area contributed by atoms with Crippen molar-refractivity contribution in [2.75, 3.05) is 18.4 Å². The van der Waals surface area contributed by atoms with Gasteiger partial charge in [0.15, 0.2) is 0 Å². The van der Waals surface area contributed by atoms with Crippen molar-refractivity contribution in [3.8, 4) is 0 Å². The third-order valence-corrected chi connectivity index (χ3v) is 5.01. The van der Waals surface area contributed by atoms with Gasteiger partial charge in [-0.05, 0) is 44.2 Å². The van der Waals surface area contributed by atoms with Gasteiger partial charge < -0.3 is 9.73 Å². The van der Waals surface area contributed by atoms with Crippen molar-refractivity contribution < 1.29 is 4.42 Å². The van der Waals surface area contributed by atoms with Crippen LogP contribution in [0, 0.1) is 12.8 Å². The molecule has 124 valence electrons. The first-order valence-corrected chi connectivity index (χ1v) is 8.50. The van der Waals surface area contributed by atoms with Crippen LogP contribution in [0.1, 0.15) is 43.3 Å². The molecule has 2 fully saturated rings. The van der Waals surface area contributed by atoms with E-state index in [-0.39, 0.29) is 0 Å². The highest BCUT2D eigenvalue weighted by Crippen LogP contribution is 2.42. The number of likely N-dealkylation sites (tertiary alicyclic amines) is 1. The van der Waals surface area contributed by atoms with E-state index in [0.29, 0.717) is 23.9 Å². The van der Waals surface area contributed by atoms with Crippen molar-refractivity contribution in [1.29, 1.82) is 0 Å². The molecular formula is C16H24N6O. The van der Waals surface area contributed by atoms with Crippen molar-refractivity contribution in [2.45, 2.75) is 44.7 Å². The lowest BCUT2D eigenvalue weighted by Crippen LogP contribution is -2.43. The number of anilines is 1. The number of rotatable bonds is 5. The molecule has 23 heavy (non-hydrogen) atoms. The van der Waals surface area contributed by atoms with E-state index >= 15 is 0 Å². The summed E-state index contributed by atoms with van der Waals surface area (Å²) in [4.78, 5) is 2.69. The zero-order chi connectivity index (χ0) is 15.8. The van der Waals surface area contributed by atoms with Crippen molar-refractivity contribution >= 4 is 6.01 Å². The highest BCUT2D eigenvalue weighted by Gasteiger charge is 2.41. The van der Waals surface area contributed by atoms with Gasteiger partial charge in [-0.15, -0.1) is 5.10 Å². The topological polar surface area (TPSA) is 72.0 Å². The summed E-state index contributed by atoms with van der Waals surface area (Å²) >= 11 is 0. The Bertz CT molecular complexity index is 661. The van der Waals surface area contributed by atoms with Crippen LogP contribution in [0.3, 0.4) is 0 Å². The van der Waals surface area contributed by atoms with E-state index in [9.17, 15) is 0 Å². The molecule has 0 unspecified atom stereocenters. The fourth-order valence-corrected chi connectivity index (χ4v) is 3.81.